The molecule has 0 amide bonds. The summed E-state index contributed by atoms with van der Waals surface area (Å²) in [7, 11) is 0. The highest BCUT2D eigenvalue weighted by Gasteiger charge is 2.14. The number of hydrogen-bond acceptors (Lipinski definition) is 5. The van der Waals surface area contributed by atoms with E-state index in [0.717, 1.165) is 16.1 Å². The lowest BCUT2D eigenvalue weighted by Crippen LogP contribution is -2.21. The van der Waals surface area contributed by atoms with E-state index < -0.39 is 0 Å². The van der Waals surface area contributed by atoms with Gasteiger partial charge in [0.25, 0.3) is 5.56 Å². The van der Waals surface area contributed by atoms with Crippen LogP contribution in [0.2, 0.25) is 0 Å². The quantitative estimate of drug-likeness (QED) is 0.386. The Kier molecular flexibility index (Phi) is 4.57. The van der Waals surface area contributed by atoms with Crippen LogP contribution in [0.4, 0.5) is 0 Å². The summed E-state index contributed by atoms with van der Waals surface area (Å²) >= 11 is 2.96. The van der Waals surface area contributed by atoms with Gasteiger partial charge in [-0.15, -0.1) is 11.3 Å². The summed E-state index contributed by atoms with van der Waals surface area (Å²) in [6, 6.07) is 21.0. The van der Waals surface area contributed by atoms with E-state index in [0.29, 0.717) is 21.9 Å². The van der Waals surface area contributed by atoms with Gasteiger partial charge in [-0.05, 0) is 41.3 Å². The Morgan fingerprint density at radius 2 is 1.96 bits per heavy atom. The van der Waals surface area contributed by atoms with E-state index in [1.807, 2.05) is 60.0 Å². The average Bonchev–Trinajstić information content (AvgIpc) is 3.16. The Hall–Kier alpha value is -2.88. The summed E-state index contributed by atoms with van der Waals surface area (Å²) in [5.74, 6) is 0.631. The molecule has 0 bridgehead atoms. The molecular weight excluding hydrogens is 362 g/mol. The second-order valence-corrected chi connectivity index (χ2v) is 7.45. The van der Waals surface area contributed by atoms with Crippen molar-refractivity contribution < 1.29 is 0 Å². The van der Waals surface area contributed by atoms with Gasteiger partial charge in [0, 0.05) is 5.75 Å². The Morgan fingerprint density at radius 3 is 2.77 bits per heavy atom. The summed E-state index contributed by atoms with van der Waals surface area (Å²) in [6.45, 7) is 0. The zero-order valence-corrected chi connectivity index (χ0v) is 15.3. The fourth-order valence-corrected chi connectivity index (χ4v) is 4.44. The highest BCUT2D eigenvalue weighted by molar-refractivity contribution is 7.98. The molecule has 4 aromatic rings. The van der Waals surface area contributed by atoms with Crippen LogP contribution in [-0.4, -0.2) is 9.55 Å². The Labute approximate surface area is 158 Å². The average molecular weight is 375 g/mol. The highest BCUT2D eigenvalue weighted by atomic mass is 32.2. The van der Waals surface area contributed by atoms with Gasteiger partial charge in [0.05, 0.1) is 22.7 Å². The smallest absolute Gasteiger partial charge is 0.267 e. The van der Waals surface area contributed by atoms with Crippen LogP contribution in [0.1, 0.15) is 11.1 Å². The highest BCUT2D eigenvalue weighted by Crippen LogP contribution is 2.26. The van der Waals surface area contributed by atoms with Gasteiger partial charge in [-0.25, -0.2) is 4.98 Å². The fourth-order valence-electron chi connectivity index (χ4n) is 2.67. The lowest BCUT2D eigenvalue weighted by molar-refractivity contribution is 0.822. The topological polar surface area (TPSA) is 58.7 Å². The second-order valence-electron chi connectivity index (χ2n) is 5.61. The summed E-state index contributed by atoms with van der Waals surface area (Å²) < 4.78 is 1.66. The molecule has 0 aliphatic heterocycles. The molecule has 0 saturated carbocycles. The molecule has 2 aromatic carbocycles. The first-order chi connectivity index (χ1) is 12.8. The third kappa shape index (κ3) is 3.15. The van der Waals surface area contributed by atoms with Crippen LogP contribution < -0.4 is 5.56 Å². The van der Waals surface area contributed by atoms with Crippen molar-refractivity contribution in [3.63, 3.8) is 0 Å². The van der Waals surface area contributed by atoms with Crippen LogP contribution in [-0.2, 0) is 5.75 Å². The monoisotopic (exact) mass is 375 g/mol. The predicted molar refractivity (Wildman–Crippen MR) is 106 cm³/mol. The second kappa shape index (κ2) is 7.16. The van der Waals surface area contributed by atoms with Crippen LogP contribution in [0.3, 0.4) is 0 Å². The van der Waals surface area contributed by atoms with E-state index in [-0.39, 0.29) is 5.56 Å². The fraction of sp³-hybridized carbons (Fsp3) is 0.0500. The molecule has 2 aromatic heterocycles. The number of fused-ring (bicyclic) bond motifs is 1. The molecule has 4 rings (SSSR count). The number of nitrogens with zero attached hydrogens (tertiary/aromatic N) is 3. The van der Waals surface area contributed by atoms with Crippen molar-refractivity contribution in [3.05, 3.63) is 87.5 Å². The standard InChI is InChI=1S/C20H13N3OS2/c21-12-14-5-4-6-15(11-14)13-26-20-22-18-17(9-10-25-18)19(24)23(20)16-7-2-1-3-8-16/h1-11H,13H2. The number of thiophene rings is 1. The first-order valence-corrected chi connectivity index (χ1v) is 9.80. The van der Waals surface area contributed by atoms with Crippen molar-refractivity contribution >= 4 is 33.3 Å². The van der Waals surface area contributed by atoms with Crippen molar-refractivity contribution in [2.24, 2.45) is 0 Å². The molecule has 0 aliphatic carbocycles. The summed E-state index contributed by atoms with van der Waals surface area (Å²) in [4.78, 5) is 18.5. The van der Waals surface area contributed by atoms with E-state index >= 15 is 0 Å². The van der Waals surface area contributed by atoms with Crippen LogP contribution in [0, 0.1) is 11.3 Å². The van der Waals surface area contributed by atoms with E-state index in [2.05, 4.69) is 6.07 Å². The van der Waals surface area contributed by atoms with Crippen molar-refractivity contribution in [1.29, 1.82) is 5.26 Å². The third-order valence-corrected chi connectivity index (χ3v) is 5.72. The molecule has 0 unspecified atom stereocenters. The van der Waals surface area contributed by atoms with Gasteiger partial charge in [0.15, 0.2) is 5.16 Å². The molecule has 126 valence electrons. The van der Waals surface area contributed by atoms with Crippen LogP contribution in [0.5, 0.6) is 0 Å². The summed E-state index contributed by atoms with van der Waals surface area (Å²) in [5.41, 5.74) is 2.39. The van der Waals surface area contributed by atoms with Gasteiger partial charge in [0.2, 0.25) is 0 Å². The van der Waals surface area contributed by atoms with Crippen molar-refractivity contribution in [1.82, 2.24) is 9.55 Å². The maximum absolute atomic E-state index is 13.0. The largest absolute Gasteiger partial charge is 0.268 e. The molecule has 0 radical (unpaired) electrons. The van der Waals surface area contributed by atoms with Gasteiger partial charge in [-0.2, -0.15) is 5.26 Å². The van der Waals surface area contributed by atoms with Gasteiger partial charge >= 0.3 is 0 Å². The molecule has 6 heteroatoms. The lowest BCUT2D eigenvalue weighted by Gasteiger charge is -2.12. The summed E-state index contributed by atoms with van der Waals surface area (Å²) in [5, 5.41) is 12.2. The molecule has 26 heavy (non-hydrogen) atoms. The minimum absolute atomic E-state index is 0.0595. The van der Waals surface area contributed by atoms with Crippen molar-refractivity contribution in [3.8, 4) is 11.8 Å². The van der Waals surface area contributed by atoms with Crippen molar-refractivity contribution in [2.45, 2.75) is 10.9 Å². The molecule has 0 spiro atoms. The van der Waals surface area contributed by atoms with Crippen LogP contribution in [0.15, 0.2) is 76.0 Å². The molecule has 0 N–H and O–H groups in total. The number of thioether (sulfide) groups is 1. The van der Waals surface area contributed by atoms with Crippen LogP contribution >= 0.6 is 23.1 Å². The maximum atomic E-state index is 13.0. The molecule has 0 atom stereocenters. The Bertz CT molecular complexity index is 1170. The lowest BCUT2D eigenvalue weighted by atomic mass is 10.2. The van der Waals surface area contributed by atoms with E-state index in [9.17, 15) is 4.79 Å². The SMILES string of the molecule is N#Cc1cccc(CSc2nc3sccc3c(=O)n2-c2ccccc2)c1. The molecular formula is C20H13N3OS2. The first kappa shape index (κ1) is 16.6. The number of benzene rings is 2. The molecule has 0 aliphatic rings. The first-order valence-electron chi connectivity index (χ1n) is 7.94. The third-order valence-electron chi connectivity index (χ3n) is 3.91. The zero-order chi connectivity index (χ0) is 17.9. The van der Waals surface area contributed by atoms with Gasteiger partial charge in [-0.1, -0.05) is 42.1 Å². The number of rotatable bonds is 4. The molecule has 2 heterocycles. The Morgan fingerprint density at radius 1 is 1.12 bits per heavy atom. The zero-order valence-electron chi connectivity index (χ0n) is 13.6. The number of hydrogen-bond donors (Lipinski definition) is 0. The molecule has 0 fully saturated rings. The number of para-hydroxylation sites is 1. The predicted octanol–water partition coefficient (Wildman–Crippen LogP) is 4.61. The molecule has 0 saturated heterocycles. The van der Waals surface area contributed by atoms with Crippen LogP contribution in [0.25, 0.3) is 15.9 Å². The van der Waals surface area contributed by atoms with Gasteiger partial charge in [0.1, 0.15) is 4.83 Å². The Balaban J connectivity index is 1.78. The summed E-state index contributed by atoms with van der Waals surface area (Å²) in [6.07, 6.45) is 0. The number of nitriles is 1. The van der Waals surface area contributed by atoms with Crippen molar-refractivity contribution in [2.75, 3.05) is 0 Å². The minimum Gasteiger partial charge on any atom is -0.268 e. The minimum atomic E-state index is -0.0595. The van der Waals surface area contributed by atoms with E-state index in [1.54, 1.807) is 10.6 Å². The van der Waals surface area contributed by atoms with E-state index in [4.69, 9.17) is 10.2 Å². The molecule has 4 nitrogen and oxygen atoms in total. The van der Waals surface area contributed by atoms with E-state index in [1.165, 1.54) is 23.1 Å². The number of aromatic nitrogens is 2. The maximum Gasteiger partial charge on any atom is 0.267 e. The van der Waals surface area contributed by atoms with Gasteiger partial charge in [-0.3, -0.25) is 9.36 Å². The van der Waals surface area contributed by atoms with Gasteiger partial charge < -0.3 is 0 Å². The normalized spacial score (nSPS) is 10.7.